The second-order valence-electron chi connectivity index (χ2n) is 4.00. The van der Waals surface area contributed by atoms with E-state index in [9.17, 15) is 0 Å². The largest absolute Gasteiger partial charge is 0.352 e. The second kappa shape index (κ2) is 2.69. The Kier molecular flexibility index (Phi) is 1.90. The van der Waals surface area contributed by atoms with E-state index in [2.05, 4.69) is 11.8 Å². The molecule has 0 aromatic rings. The Morgan fingerprint density at radius 3 is 2.25 bits per heavy atom. The maximum atomic E-state index is 5.49. The van der Waals surface area contributed by atoms with Crippen molar-refractivity contribution in [3.05, 3.63) is 0 Å². The van der Waals surface area contributed by atoms with Gasteiger partial charge in [0.15, 0.2) is 5.79 Å². The van der Waals surface area contributed by atoms with E-state index < -0.39 is 0 Å². The summed E-state index contributed by atoms with van der Waals surface area (Å²) >= 11 is 0. The predicted molar refractivity (Wildman–Crippen MR) is 45.8 cm³/mol. The number of nitrogens with zero attached hydrogens (tertiary/aromatic N) is 1. The van der Waals surface area contributed by atoms with E-state index >= 15 is 0 Å². The van der Waals surface area contributed by atoms with Crippen LogP contribution in [0.4, 0.5) is 0 Å². The molecule has 2 saturated heterocycles. The first kappa shape index (κ1) is 8.48. The van der Waals surface area contributed by atoms with Crippen molar-refractivity contribution in [2.24, 2.45) is 11.8 Å². The average molecular weight is 171 g/mol. The monoisotopic (exact) mass is 171 g/mol. The van der Waals surface area contributed by atoms with Gasteiger partial charge in [0.1, 0.15) is 0 Å². The van der Waals surface area contributed by atoms with Gasteiger partial charge in [-0.2, -0.15) is 0 Å². The Morgan fingerprint density at radius 2 is 1.92 bits per heavy atom. The molecule has 2 rings (SSSR count). The minimum atomic E-state index is -0.308. The summed E-state index contributed by atoms with van der Waals surface area (Å²) in [5, 5.41) is 0. The highest BCUT2D eigenvalue weighted by Gasteiger charge is 2.54. The lowest BCUT2D eigenvalue weighted by atomic mass is 9.89. The maximum absolute atomic E-state index is 5.49. The van der Waals surface area contributed by atoms with Gasteiger partial charge in [-0.1, -0.05) is 6.92 Å². The Morgan fingerprint density at radius 1 is 1.25 bits per heavy atom. The molecule has 3 atom stereocenters. The Hall–Kier alpha value is -0.120. The molecule has 3 nitrogen and oxygen atoms in total. The molecule has 70 valence electrons. The van der Waals surface area contributed by atoms with Crippen LogP contribution < -0.4 is 0 Å². The number of ether oxygens (including phenoxy) is 2. The minimum absolute atomic E-state index is 0.308. The van der Waals surface area contributed by atoms with Crippen molar-refractivity contribution >= 4 is 0 Å². The van der Waals surface area contributed by atoms with Gasteiger partial charge in [0.2, 0.25) is 0 Å². The van der Waals surface area contributed by atoms with Crippen LogP contribution in [-0.4, -0.2) is 44.5 Å². The van der Waals surface area contributed by atoms with E-state index in [0.29, 0.717) is 11.8 Å². The topological polar surface area (TPSA) is 21.7 Å². The summed E-state index contributed by atoms with van der Waals surface area (Å²) in [5.41, 5.74) is 0. The van der Waals surface area contributed by atoms with Gasteiger partial charge in [0, 0.05) is 33.2 Å². The highest BCUT2D eigenvalue weighted by molar-refractivity contribution is 5.00. The molecule has 0 amide bonds. The van der Waals surface area contributed by atoms with Crippen molar-refractivity contribution < 1.29 is 9.47 Å². The molecule has 2 fully saturated rings. The summed E-state index contributed by atoms with van der Waals surface area (Å²) in [6.07, 6.45) is 0. The van der Waals surface area contributed by atoms with Crippen molar-refractivity contribution in [2.45, 2.75) is 12.7 Å². The molecule has 0 aromatic carbocycles. The number of hydrogen-bond acceptors (Lipinski definition) is 3. The van der Waals surface area contributed by atoms with E-state index in [0.717, 1.165) is 13.1 Å². The van der Waals surface area contributed by atoms with Gasteiger partial charge < -0.3 is 9.47 Å². The zero-order valence-corrected chi connectivity index (χ0v) is 8.04. The molecule has 0 radical (unpaired) electrons. The van der Waals surface area contributed by atoms with E-state index in [1.165, 1.54) is 6.54 Å². The lowest BCUT2D eigenvalue weighted by molar-refractivity contribution is -0.235. The van der Waals surface area contributed by atoms with Crippen molar-refractivity contribution in [2.75, 3.05) is 33.9 Å². The zero-order chi connectivity index (χ0) is 8.77. The lowest BCUT2D eigenvalue weighted by Gasteiger charge is -2.37. The SMILES string of the molecule is COC1(OC)CN2CC(C)C1C2. The molecule has 0 spiro atoms. The number of fused-ring (bicyclic) bond motifs is 2. The zero-order valence-electron chi connectivity index (χ0n) is 8.04. The van der Waals surface area contributed by atoms with Crippen LogP contribution >= 0.6 is 0 Å². The standard InChI is InChI=1S/C9H17NO2/c1-7-4-10-5-8(7)9(6-10,11-2)12-3/h7-8H,4-6H2,1-3H3. The fourth-order valence-corrected chi connectivity index (χ4v) is 2.71. The van der Waals surface area contributed by atoms with Crippen LogP contribution in [0.1, 0.15) is 6.92 Å². The third-order valence-electron chi connectivity index (χ3n) is 3.39. The number of piperidine rings is 1. The van der Waals surface area contributed by atoms with E-state index in [4.69, 9.17) is 9.47 Å². The molecule has 0 N–H and O–H groups in total. The van der Waals surface area contributed by atoms with Crippen LogP contribution in [0.5, 0.6) is 0 Å². The molecular formula is C9H17NO2. The van der Waals surface area contributed by atoms with Gasteiger partial charge in [-0.05, 0) is 5.92 Å². The van der Waals surface area contributed by atoms with Crippen molar-refractivity contribution in [3.63, 3.8) is 0 Å². The first-order valence-electron chi connectivity index (χ1n) is 4.54. The first-order chi connectivity index (χ1) is 5.72. The summed E-state index contributed by atoms with van der Waals surface area (Å²) in [5.74, 6) is 0.962. The van der Waals surface area contributed by atoms with Crippen LogP contribution in [0, 0.1) is 11.8 Å². The van der Waals surface area contributed by atoms with Crippen molar-refractivity contribution in [1.82, 2.24) is 4.90 Å². The quantitative estimate of drug-likeness (QED) is 0.567. The molecule has 0 aromatic heterocycles. The Balaban J connectivity index is 2.19. The van der Waals surface area contributed by atoms with Crippen LogP contribution in [0.15, 0.2) is 0 Å². The summed E-state index contributed by atoms with van der Waals surface area (Å²) in [6.45, 7) is 5.56. The molecule has 2 bridgehead atoms. The summed E-state index contributed by atoms with van der Waals surface area (Å²) < 4.78 is 11.0. The number of rotatable bonds is 2. The summed E-state index contributed by atoms with van der Waals surface area (Å²) in [7, 11) is 3.50. The second-order valence-corrected chi connectivity index (χ2v) is 4.00. The maximum Gasteiger partial charge on any atom is 0.184 e. The summed E-state index contributed by atoms with van der Waals surface area (Å²) in [4.78, 5) is 2.42. The molecular weight excluding hydrogens is 154 g/mol. The smallest absolute Gasteiger partial charge is 0.184 e. The van der Waals surface area contributed by atoms with Crippen LogP contribution in [0.2, 0.25) is 0 Å². The molecule has 2 aliphatic heterocycles. The van der Waals surface area contributed by atoms with Gasteiger partial charge in [0.25, 0.3) is 0 Å². The van der Waals surface area contributed by atoms with Crippen LogP contribution in [0.3, 0.4) is 0 Å². The van der Waals surface area contributed by atoms with Gasteiger partial charge >= 0.3 is 0 Å². The predicted octanol–water partition coefficient (Wildman–Crippen LogP) is 0.557. The minimum Gasteiger partial charge on any atom is -0.352 e. The Bertz CT molecular complexity index is 179. The molecule has 3 heteroatoms. The van der Waals surface area contributed by atoms with Gasteiger partial charge in [-0.15, -0.1) is 0 Å². The number of methoxy groups -OCH3 is 2. The molecule has 0 aliphatic carbocycles. The number of hydrogen-bond donors (Lipinski definition) is 0. The highest BCUT2D eigenvalue weighted by atomic mass is 16.7. The fraction of sp³-hybridized carbons (Fsp3) is 1.00. The average Bonchev–Trinajstić information content (AvgIpc) is 2.60. The molecule has 2 aliphatic rings. The molecule has 12 heavy (non-hydrogen) atoms. The fourth-order valence-electron chi connectivity index (χ4n) is 2.71. The third kappa shape index (κ3) is 0.934. The summed E-state index contributed by atoms with van der Waals surface area (Å²) in [6, 6.07) is 0. The normalized spacial score (nSPS) is 43.8. The Labute approximate surface area is 73.6 Å². The molecule has 2 heterocycles. The van der Waals surface area contributed by atoms with Gasteiger partial charge in [-0.3, -0.25) is 4.90 Å². The highest BCUT2D eigenvalue weighted by Crippen LogP contribution is 2.42. The van der Waals surface area contributed by atoms with Gasteiger partial charge in [0.05, 0.1) is 6.54 Å². The van der Waals surface area contributed by atoms with Crippen LogP contribution in [0.25, 0.3) is 0 Å². The lowest BCUT2D eigenvalue weighted by Crippen LogP contribution is -2.48. The van der Waals surface area contributed by atoms with Crippen molar-refractivity contribution in [1.29, 1.82) is 0 Å². The van der Waals surface area contributed by atoms with Gasteiger partial charge in [-0.25, -0.2) is 0 Å². The van der Waals surface area contributed by atoms with E-state index in [1.807, 2.05) is 0 Å². The molecule has 3 unspecified atom stereocenters. The third-order valence-corrected chi connectivity index (χ3v) is 3.39. The van der Waals surface area contributed by atoms with Crippen LogP contribution in [-0.2, 0) is 9.47 Å². The van der Waals surface area contributed by atoms with Crippen molar-refractivity contribution in [3.8, 4) is 0 Å². The van der Waals surface area contributed by atoms with E-state index in [1.54, 1.807) is 14.2 Å². The molecule has 0 saturated carbocycles. The first-order valence-corrected chi connectivity index (χ1v) is 4.54. The van der Waals surface area contributed by atoms with E-state index in [-0.39, 0.29) is 5.79 Å².